The third kappa shape index (κ3) is 4.21. The predicted octanol–water partition coefficient (Wildman–Crippen LogP) is 1.27. The zero-order valence-electron chi connectivity index (χ0n) is 9.36. The topological polar surface area (TPSA) is 50.8 Å². The fraction of sp³-hybridized carbons (Fsp3) is 0.889. The second kappa shape index (κ2) is 4.91. The largest absolute Gasteiger partial charge is 0.360 e. The van der Waals surface area contributed by atoms with Crippen molar-refractivity contribution in [3.63, 3.8) is 0 Å². The standard InChI is InChI=1S/C9H21N3OSi/c1-14(2,3)7-6-13-8-12-9(10)4-5-11-12/h5,9H,4,6-8,10H2,1-3H3. The lowest BCUT2D eigenvalue weighted by molar-refractivity contribution is 0.0214. The van der Waals surface area contributed by atoms with Crippen LogP contribution in [0, 0.1) is 0 Å². The van der Waals surface area contributed by atoms with Crippen LogP contribution in [0.15, 0.2) is 5.10 Å². The van der Waals surface area contributed by atoms with E-state index in [-0.39, 0.29) is 6.17 Å². The van der Waals surface area contributed by atoms with E-state index in [1.165, 1.54) is 6.04 Å². The van der Waals surface area contributed by atoms with Gasteiger partial charge in [0.1, 0.15) is 12.9 Å². The lowest BCUT2D eigenvalue weighted by Crippen LogP contribution is -2.36. The van der Waals surface area contributed by atoms with Gasteiger partial charge in [-0.15, -0.1) is 0 Å². The van der Waals surface area contributed by atoms with Crippen molar-refractivity contribution in [3.05, 3.63) is 0 Å². The van der Waals surface area contributed by atoms with Crippen LogP contribution in [0.1, 0.15) is 6.42 Å². The van der Waals surface area contributed by atoms with Crippen molar-refractivity contribution in [2.24, 2.45) is 10.8 Å². The number of hydrogen-bond acceptors (Lipinski definition) is 4. The molecular weight excluding hydrogens is 194 g/mol. The van der Waals surface area contributed by atoms with Crippen LogP contribution in [0.25, 0.3) is 0 Å². The highest BCUT2D eigenvalue weighted by Gasteiger charge is 2.16. The van der Waals surface area contributed by atoms with Gasteiger partial charge in [0.2, 0.25) is 0 Å². The Kier molecular flexibility index (Phi) is 4.09. The SMILES string of the molecule is C[Si](C)(C)CCOCN1N=CCC1N. The van der Waals surface area contributed by atoms with Crippen molar-refractivity contribution in [2.75, 3.05) is 13.3 Å². The predicted molar refractivity (Wildman–Crippen MR) is 61.9 cm³/mol. The van der Waals surface area contributed by atoms with Gasteiger partial charge in [0, 0.05) is 27.3 Å². The molecular formula is C9H21N3OSi. The zero-order chi connectivity index (χ0) is 10.6. The molecule has 0 saturated heterocycles. The number of nitrogens with zero attached hydrogens (tertiary/aromatic N) is 2. The summed E-state index contributed by atoms with van der Waals surface area (Å²) in [5.41, 5.74) is 5.78. The maximum atomic E-state index is 5.78. The monoisotopic (exact) mass is 215 g/mol. The van der Waals surface area contributed by atoms with Crippen LogP contribution >= 0.6 is 0 Å². The van der Waals surface area contributed by atoms with E-state index in [9.17, 15) is 0 Å². The van der Waals surface area contributed by atoms with E-state index in [1.807, 2.05) is 6.21 Å². The summed E-state index contributed by atoms with van der Waals surface area (Å²) in [6.45, 7) is 8.39. The van der Waals surface area contributed by atoms with Crippen LogP contribution in [-0.2, 0) is 4.74 Å². The summed E-state index contributed by atoms with van der Waals surface area (Å²) in [6, 6.07) is 1.19. The van der Waals surface area contributed by atoms with Crippen molar-refractivity contribution >= 4 is 14.3 Å². The van der Waals surface area contributed by atoms with Gasteiger partial charge in [-0.1, -0.05) is 19.6 Å². The molecule has 0 bridgehead atoms. The highest BCUT2D eigenvalue weighted by Crippen LogP contribution is 2.09. The molecule has 1 aliphatic rings. The molecule has 1 rings (SSSR count). The van der Waals surface area contributed by atoms with Gasteiger partial charge < -0.3 is 10.5 Å². The van der Waals surface area contributed by atoms with E-state index in [0.717, 1.165) is 13.0 Å². The Morgan fingerprint density at radius 2 is 2.29 bits per heavy atom. The van der Waals surface area contributed by atoms with E-state index in [1.54, 1.807) is 5.01 Å². The maximum Gasteiger partial charge on any atom is 0.136 e. The lowest BCUT2D eigenvalue weighted by atomic mass is 10.4. The molecule has 0 aromatic rings. The van der Waals surface area contributed by atoms with Gasteiger partial charge in [-0.3, -0.25) is 5.01 Å². The van der Waals surface area contributed by atoms with Gasteiger partial charge in [0.25, 0.3) is 0 Å². The van der Waals surface area contributed by atoms with Crippen LogP contribution in [0.4, 0.5) is 0 Å². The molecule has 1 heterocycles. The van der Waals surface area contributed by atoms with Crippen LogP contribution in [0.3, 0.4) is 0 Å². The average molecular weight is 215 g/mol. The molecule has 1 atom stereocenters. The summed E-state index contributed by atoms with van der Waals surface area (Å²) in [4.78, 5) is 0. The Labute approximate surface area is 87.1 Å². The highest BCUT2D eigenvalue weighted by molar-refractivity contribution is 6.76. The average Bonchev–Trinajstić information content (AvgIpc) is 2.44. The maximum absolute atomic E-state index is 5.78. The molecule has 0 amide bonds. The fourth-order valence-electron chi connectivity index (χ4n) is 1.13. The molecule has 1 unspecified atom stereocenters. The summed E-state index contributed by atoms with van der Waals surface area (Å²) >= 11 is 0. The van der Waals surface area contributed by atoms with Crippen molar-refractivity contribution in [2.45, 2.75) is 38.3 Å². The zero-order valence-corrected chi connectivity index (χ0v) is 10.4. The first-order chi connectivity index (χ1) is 6.49. The van der Waals surface area contributed by atoms with Crippen LogP contribution in [0.2, 0.25) is 25.7 Å². The molecule has 4 nitrogen and oxygen atoms in total. The summed E-state index contributed by atoms with van der Waals surface area (Å²) in [6.07, 6.45) is 2.69. The molecule has 0 radical (unpaired) electrons. The third-order valence-corrected chi connectivity index (χ3v) is 3.88. The summed E-state index contributed by atoms with van der Waals surface area (Å²) in [5.74, 6) is 0. The number of rotatable bonds is 5. The van der Waals surface area contributed by atoms with Gasteiger partial charge in [-0.2, -0.15) is 5.10 Å². The van der Waals surface area contributed by atoms with Gasteiger partial charge in [0.15, 0.2) is 0 Å². The minimum atomic E-state index is -0.964. The van der Waals surface area contributed by atoms with Crippen LogP contribution in [0.5, 0.6) is 0 Å². The second-order valence-electron chi connectivity index (χ2n) is 4.89. The number of hydrazone groups is 1. The quantitative estimate of drug-likeness (QED) is 0.555. The van der Waals surface area contributed by atoms with Gasteiger partial charge in [0.05, 0.1) is 0 Å². The molecule has 0 fully saturated rings. The van der Waals surface area contributed by atoms with Crippen LogP contribution in [-0.4, -0.2) is 38.8 Å². The molecule has 0 aromatic heterocycles. The molecule has 0 saturated carbocycles. The first kappa shape index (κ1) is 11.7. The van der Waals surface area contributed by atoms with E-state index in [4.69, 9.17) is 10.5 Å². The minimum Gasteiger partial charge on any atom is -0.360 e. The Bertz CT molecular complexity index is 203. The summed E-state index contributed by atoms with van der Waals surface area (Å²) < 4.78 is 5.53. The van der Waals surface area contributed by atoms with Crippen molar-refractivity contribution < 1.29 is 4.74 Å². The lowest BCUT2D eigenvalue weighted by Gasteiger charge is -2.21. The highest BCUT2D eigenvalue weighted by atomic mass is 28.3. The molecule has 82 valence electrons. The summed E-state index contributed by atoms with van der Waals surface area (Å²) in [7, 11) is -0.964. The van der Waals surface area contributed by atoms with E-state index in [2.05, 4.69) is 24.7 Å². The van der Waals surface area contributed by atoms with Gasteiger partial charge in [-0.05, 0) is 6.04 Å². The Hall–Kier alpha value is -0.393. The number of hydrogen-bond donors (Lipinski definition) is 1. The normalized spacial score (nSPS) is 22.0. The molecule has 2 N–H and O–H groups in total. The molecule has 14 heavy (non-hydrogen) atoms. The van der Waals surface area contributed by atoms with E-state index in [0.29, 0.717) is 6.73 Å². The second-order valence-corrected chi connectivity index (χ2v) is 10.5. The Balaban J connectivity index is 2.07. The smallest absolute Gasteiger partial charge is 0.136 e. The minimum absolute atomic E-state index is 0.0156. The van der Waals surface area contributed by atoms with E-state index < -0.39 is 8.07 Å². The third-order valence-electron chi connectivity index (χ3n) is 2.18. The first-order valence-corrected chi connectivity index (χ1v) is 8.82. The van der Waals surface area contributed by atoms with Crippen LogP contribution < -0.4 is 5.73 Å². The van der Waals surface area contributed by atoms with E-state index >= 15 is 0 Å². The molecule has 5 heteroatoms. The number of ether oxygens (including phenoxy) is 1. The Morgan fingerprint density at radius 1 is 1.57 bits per heavy atom. The fourth-order valence-corrected chi connectivity index (χ4v) is 1.89. The van der Waals surface area contributed by atoms with Crippen molar-refractivity contribution in [1.29, 1.82) is 0 Å². The van der Waals surface area contributed by atoms with Crippen molar-refractivity contribution in [3.8, 4) is 0 Å². The number of nitrogens with two attached hydrogens (primary N) is 1. The molecule has 0 aromatic carbocycles. The Morgan fingerprint density at radius 3 is 2.79 bits per heavy atom. The van der Waals surface area contributed by atoms with Gasteiger partial charge >= 0.3 is 0 Å². The first-order valence-electron chi connectivity index (χ1n) is 5.11. The molecule has 1 aliphatic heterocycles. The molecule has 0 aliphatic carbocycles. The van der Waals surface area contributed by atoms with Crippen molar-refractivity contribution in [1.82, 2.24) is 5.01 Å². The van der Waals surface area contributed by atoms with Gasteiger partial charge in [-0.25, -0.2) is 0 Å². The molecule has 0 spiro atoms. The summed E-state index contributed by atoms with van der Waals surface area (Å²) in [5, 5.41) is 5.92.